The lowest BCUT2D eigenvalue weighted by atomic mass is 10.2. The highest BCUT2D eigenvalue weighted by atomic mass is 19.1. The van der Waals surface area contributed by atoms with Gasteiger partial charge >= 0.3 is 0 Å². The Hall–Kier alpha value is -2.17. The van der Waals surface area contributed by atoms with Gasteiger partial charge in [0.2, 0.25) is 11.8 Å². The summed E-state index contributed by atoms with van der Waals surface area (Å²) in [5.74, 6) is 1.30. The van der Waals surface area contributed by atoms with E-state index in [0.29, 0.717) is 23.1 Å². The molecule has 0 unspecified atom stereocenters. The van der Waals surface area contributed by atoms with E-state index in [2.05, 4.69) is 22.2 Å². The molecule has 20 heavy (non-hydrogen) atoms. The Morgan fingerprint density at radius 1 is 1.20 bits per heavy atom. The van der Waals surface area contributed by atoms with Gasteiger partial charge in [0.15, 0.2) is 0 Å². The summed E-state index contributed by atoms with van der Waals surface area (Å²) in [5, 5.41) is 3.12. The van der Waals surface area contributed by atoms with Crippen molar-refractivity contribution in [3.8, 4) is 11.6 Å². The minimum Gasteiger partial charge on any atom is -0.439 e. The molecule has 1 N–H and O–H groups in total. The molecule has 2 rings (SSSR count). The predicted octanol–water partition coefficient (Wildman–Crippen LogP) is 3.85. The third kappa shape index (κ3) is 3.66. The molecule has 0 radical (unpaired) electrons. The maximum atomic E-state index is 13.2. The van der Waals surface area contributed by atoms with Crippen LogP contribution in [-0.4, -0.2) is 16.5 Å². The average Bonchev–Trinajstić information content (AvgIpc) is 2.40. The molecule has 0 saturated heterocycles. The summed E-state index contributed by atoms with van der Waals surface area (Å²) in [6, 6.07) is 6.36. The molecular formula is C15H18FN3O. The maximum absolute atomic E-state index is 13.2. The quantitative estimate of drug-likeness (QED) is 0.900. The lowest BCUT2D eigenvalue weighted by molar-refractivity contribution is 0.459. The highest BCUT2D eigenvalue weighted by Crippen LogP contribution is 2.23. The molecule has 0 aliphatic carbocycles. The van der Waals surface area contributed by atoms with E-state index < -0.39 is 0 Å². The summed E-state index contributed by atoms with van der Waals surface area (Å²) in [5.41, 5.74) is 1.35. The van der Waals surface area contributed by atoms with Crippen LogP contribution in [-0.2, 0) is 0 Å². The number of aryl methyl sites for hydroxylation is 2. The molecule has 2 aromatic rings. The largest absolute Gasteiger partial charge is 0.439 e. The van der Waals surface area contributed by atoms with E-state index in [1.807, 2.05) is 6.92 Å². The zero-order chi connectivity index (χ0) is 14.5. The first-order valence-corrected chi connectivity index (χ1v) is 6.62. The van der Waals surface area contributed by atoms with Gasteiger partial charge < -0.3 is 10.1 Å². The van der Waals surface area contributed by atoms with Crippen LogP contribution >= 0.6 is 0 Å². The fourth-order valence-corrected chi connectivity index (χ4v) is 1.71. The topological polar surface area (TPSA) is 47.0 Å². The normalized spacial score (nSPS) is 10.4. The molecule has 0 saturated carbocycles. The zero-order valence-corrected chi connectivity index (χ0v) is 11.9. The highest BCUT2D eigenvalue weighted by Gasteiger charge is 2.06. The first-order valence-electron chi connectivity index (χ1n) is 6.62. The molecule has 0 bridgehead atoms. The van der Waals surface area contributed by atoms with Gasteiger partial charge in [-0.3, -0.25) is 0 Å². The molecule has 5 heteroatoms. The van der Waals surface area contributed by atoms with Crippen LogP contribution in [0.3, 0.4) is 0 Å². The number of ether oxygens (including phenoxy) is 1. The van der Waals surface area contributed by atoms with Crippen LogP contribution in [0.5, 0.6) is 11.6 Å². The molecule has 1 aromatic heterocycles. The minimum absolute atomic E-state index is 0.249. The molecule has 106 valence electrons. The number of benzene rings is 1. The highest BCUT2D eigenvalue weighted by molar-refractivity contribution is 5.35. The van der Waals surface area contributed by atoms with E-state index in [-0.39, 0.29) is 5.82 Å². The van der Waals surface area contributed by atoms with E-state index >= 15 is 0 Å². The van der Waals surface area contributed by atoms with E-state index in [9.17, 15) is 4.39 Å². The number of halogens is 1. The summed E-state index contributed by atoms with van der Waals surface area (Å²) >= 11 is 0. The Bertz CT molecular complexity index is 602. The van der Waals surface area contributed by atoms with Gasteiger partial charge in [0.1, 0.15) is 11.6 Å². The van der Waals surface area contributed by atoms with Crippen LogP contribution in [0.1, 0.15) is 24.6 Å². The minimum atomic E-state index is -0.249. The van der Waals surface area contributed by atoms with Gasteiger partial charge in [0, 0.05) is 18.3 Å². The summed E-state index contributed by atoms with van der Waals surface area (Å²) in [7, 11) is 0. The van der Waals surface area contributed by atoms with E-state index in [0.717, 1.165) is 18.7 Å². The summed E-state index contributed by atoms with van der Waals surface area (Å²) < 4.78 is 18.9. The molecule has 0 atom stereocenters. The second-order valence-corrected chi connectivity index (χ2v) is 4.61. The molecule has 0 aliphatic heterocycles. The smallest absolute Gasteiger partial charge is 0.226 e. The third-order valence-corrected chi connectivity index (χ3v) is 2.72. The predicted molar refractivity (Wildman–Crippen MR) is 76.8 cm³/mol. The number of rotatable bonds is 5. The van der Waals surface area contributed by atoms with Crippen molar-refractivity contribution in [2.75, 3.05) is 11.9 Å². The Morgan fingerprint density at radius 2 is 2.00 bits per heavy atom. The van der Waals surface area contributed by atoms with Gasteiger partial charge in [-0.05, 0) is 44.0 Å². The van der Waals surface area contributed by atoms with Crippen LogP contribution in [0, 0.1) is 19.7 Å². The number of aromatic nitrogens is 2. The fourth-order valence-electron chi connectivity index (χ4n) is 1.71. The standard InChI is InChI=1S/C15H18FN3O/c1-4-7-17-15-18-11(3)9-14(19-15)20-12-5-6-13(16)10(2)8-12/h5-6,8-9H,4,7H2,1-3H3,(H,17,18,19). The van der Waals surface area contributed by atoms with Crippen molar-refractivity contribution in [3.05, 3.63) is 41.3 Å². The Balaban J connectivity index is 2.19. The number of anilines is 1. The molecule has 0 amide bonds. The van der Waals surface area contributed by atoms with E-state index in [1.54, 1.807) is 25.1 Å². The summed E-state index contributed by atoms with van der Waals surface area (Å²) in [6.07, 6.45) is 0.991. The monoisotopic (exact) mass is 275 g/mol. The van der Waals surface area contributed by atoms with Gasteiger partial charge in [-0.15, -0.1) is 0 Å². The van der Waals surface area contributed by atoms with Crippen LogP contribution in [0.2, 0.25) is 0 Å². The van der Waals surface area contributed by atoms with Gasteiger partial charge in [-0.25, -0.2) is 9.37 Å². The van der Waals surface area contributed by atoms with Gasteiger partial charge in [0.05, 0.1) is 0 Å². The summed E-state index contributed by atoms with van der Waals surface area (Å²) in [6.45, 7) is 6.45. The number of nitrogens with one attached hydrogen (secondary N) is 1. The molecule has 4 nitrogen and oxygen atoms in total. The van der Waals surface area contributed by atoms with Crippen LogP contribution in [0.4, 0.5) is 10.3 Å². The van der Waals surface area contributed by atoms with Crippen molar-refractivity contribution in [2.45, 2.75) is 27.2 Å². The van der Waals surface area contributed by atoms with Crippen molar-refractivity contribution in [2.24, 2.45) is 0 Å². The first kappa shape index (κ1) is 14.2. The second kappa shape index (κ2) is 6.32. The molecule has 0 aliphatic rings. The van der Waals surface area contributed by atoms with Crippen LogP contribution in [0.15, 0.2) is 24.3 Å². The second-order valence-electron chi connectivity index (χ2n) is 4.61. The lowest BCUT2D eigenvalue weighted by Gasteiger charge is -2.09. The number of nitrogens with zero attached hydrogens (tertiary/aromatic N) is 2. The maximum Gasteiger partial charge on any atom is 0.226 e. The number of hydrogen-bond acceptors (Lipinski definition) is 4. The van der Waals surface area contributed by atoms with Gasteiger partial charge in [-0.2, -0.15) is 4.98 Å². The van der Waals surface area contributed by atoms with Crippen molar-refractivity contribution < 1.29 is 9.13 Å². The number of hydrogen-bond donors (Lipinski definition) is 1. The van der Waals surface area contributed by atoms with Crippen molar-refractivity contribution >= 4 is 5.95 Å². The molecule has 1 aromatic carbocycles. The van der Waals surface area contributed by atoms with Crippen LogP contribution < -0.4 is 10.1 Å². The van der Waals surface area contributed by atoms with E-state index in [1.165, 1.54) is 6.07 Å². The molecule has 0 fully saturated rings. The summed E-state index contributed by atoms with van der Waals surface area (Å²) in [4.78, 5) is 8.56. The Morgan fingerprint density at radius 3 is 2.70 bits per heavy atom. The van der Waals surface area contributed by atoms with Crippen molar-refractivity contribution in [1.82, 2.24) is 9.97 Å². The SMILES string of the molecule is CCCNc1nc(C)cc(Oc2ccc(F)c(C)c2)n1. The van der Waals surface area contributed by atoms with Gasteiger partial charge in [0.25, 0.3) is 0 Å². The Labute approximate surface area is 118 Å². The first-order chi connectivity index (χ1) is 9.58. The fraction of sp³-hybridized carbons (Fsp3) is 0.333. The Kier molecular flexibility index (Phi) is 4.50. The zero-order valence-electron chi connectivity index (χ0n) is 11.9. The van der Waals surface area contributed by atoms with Crippen LogP contribution in [0.25, 0.3) is 0 Å². The molecular weight excluding hydrogens is 257 g/mol. The third-order valence-electron chi connectivity index (χ3n) is 2.72. The molecule has 1 heterocycles. The molecule has 0 spiro atoms. The van der Waals surface area contributed by atoms with Crippen molar-refractivity contribution in [1.29, 1.82) is 0 Å². The van der Waals surface area contributed by atoms with Gasteiger partial charge in [-0.1, -0.05) is 6.92 Å². The average molecular weight is 275 g/mol. The van der Waals surface area contributed by atoms with Crippen molar-refractivity contribution in [3.63, 3.8) is 0 Å². The van der Waals surface area contributed by atoms with E-state index in [4.69, 9.17) is 4.74 Å². The lowest BCUT2D eigenvalue weighted by Crippen LogP contribution is -2.05.